The molecule has 0 saturated carbocycles. The molecule has 1 aromatic carbocycles. The molecule has 22 heavy (non-hydrogen) atoms. The summed E-state index contributed by atoms with van der Waals surface area (Å²) >= 11 is 0. The van der Waals surface area contributed by atoms with E-state index < -0.39 is 30.3 Å². The van der Waals surface area contributed by atoms with Crippen molar-refractivity contribution in [3.05, 3.63) is 29.8 Å². The number of halogens is 2. The molecule has 0 radical (unpaired) electrons. The van der Waals surface area contributed by atoms with Crippen LogP contribution in [0.25, 0.3) is 0 Å². The lowest BCUT2D eigenvalue weighted by Crippen LogP contribution is -2.38. The van der Waals surface area contributed by atoms with Gasteiger partial charge in [0.05, 0.1) is 0 Å². The van der Waals surface area contributed by atoms with Crippen LogP contribution in [0.1, 0.15) is 32.4 Å². The van der Waals surface area contributed by atoms with E-state index in [1.165, 1.54) is 24.3 Å². The molecular weight excluding hydrogens is 300 g/mol. The Labute approximate surface area is 126 Å². The molecule has 0 aliphatic heterocycles. The molecule has 1 rings (SSSR count). The minimum Gasteiger partial charge on any atom is -0.479 e. The lowest BCUT2D eigenvalue weighted by molar-refractivity contribution is -0.139. The zero-order valence-corrected chi connectivity index (χ0v) is 12.3. The van der Waals surface area contributed by atoms with Crippen LogP contribution < -0.4 is 10.1 Å². The molecule has 0 saturated heterocycles. The molecule has 8 heteroatoms. The summed E-state index contributed by atoms with van der Waals surface area (Å²) in [5, 5.41) is 11.4. The summed E-state index contributed by atoms with van der Waals surface area (Å²) in [5.41, 5.74) is -0.581. The maximum Gasteiger partial charge on any atom is 0.408 e. The Morgan fingerprint density at radius 3 is 2.14 bits per heavy atom. The molecule has 1 aromatic rings. The first-order chi connectivity index (χ1) is 10.1. The van der Waals surface area contributed by atoms with Crippen LogP contribution in [-0.2, 0) is 9.53 Å². The van der Waals surface area contributed by atoms with Crippen LogP contribution in [0.2, 0.25) is 0 Å². The number of ether oxygens (including phenoxy) is 2. The number of rotatable bonds is 5. The predicted octanol–water partition coefficient (Wildman–Crippen LogP) is 2.94. The van der Waals surface area contributed by atoms with E-state index in [4.69, 9.17) is 9.84 Å². The van der Waals surface area contributed by atoms with E-state index in [0.717, 1.165) is 0 Å². The molecule has 6 nitrogen and oxygen atoms in total. The number of alkyl carbamates (subject to hydrolysis) is 1. The van der Waals surface area contributed by atoms with Gasteiger partial charge in [0.15, 0.2) is 6.04 Å². The highest BCUT2D eigenvalue weighted by atomic mass is 19.3. The van der Waals surface area contributed by atoms with Crippen LogP contribution in [0.5, 0.6) is 5.75 Å². The van der Waals surface area contributed by atoms with Gasteiger partial charge in [-0.3, -0.25) is 0 Å². The summed E-state index contributed by atoms with van der Waals surface area (Å²) in [4.78, 5) is 22.9. The first-order valence-corrected chi connectivity index (χ1v) is 6.35. The Kier molecular flexibility index (Phi) is 5.67. The summed E-state index contributed by atoms with van der Waals surface area (Å²) in [7, 11) is 0. The maximum atomic E-state index is 12.0. The Morgan fingerprint density at radius 2 is 1.73 bits per heavy atom. The van der Waals surface area contributed by atoms with E-state index >= 15 is 0 Å². The van der Waals surface area contributed by atoms with Crippen molar-refractivity contribution in [3.8, 4) is 5.75 Å². The van der Waals surface area contributed by atoms with Crippen molar-refractivity contribution < 1.29 is 33.0 Å². The second-order valence-electron chi connectivity index (χ2n) is 5.37. The quantitative estimate of drug-likeness (QED) is 0.872. The highest BCUT2D eigenvalue weighted by Gasteiger charge is 2.25. The minimum absolute atomic E-state index is 0.111. The largest absolute Gasteiger partial charge is 0.479 e. The van der Waals surface area contributed by atoms with Gasteiger partial charge in [-0.05, 0) is 38.5 Å². The molecule has 0 unspecified atom stereocenters. The third-order valence-corrected chi connectivity index (χ3v) is 2.35. The number of alkyl halides is 2. The average molecular weight is 317 g/mol. The lowest BCUT2D eigenvalue weighted by atomic mass is 10.1. The van der Waals surface area contributed by atoms with Crippen LogP contribution in [0.15, 0.2) is 24.3 Å². The van der Waals surface area contributed by atoms with Crippen molar-refractivity contribution in [1.29, 1.82) is 0 Å². The van der Waals surface area contributed by atoms with Crippen molar-refractivity contribution in [2.24, 2.45) is 0 Å². The minimum atomic E-state index is -2.97. The zero-order chi connectivity index (χ0) is 16.9. The second kappa shape index (κ2) is 7.06. The van der Waals surface area contributed by atoms with E-state index in [9.17, 15) is 18.4 Å². The molecule has 2 N–H and O–H groups in total. The molecule has 0 aliphatic carbocycles. The van der Waals surface area contributed by atoms with Gasteiger partial charge in [-0.15, -0.1) is 0 Å². The number of carbonyl (C=O) groups excluding carboxylic acids is 1. The highest BCUT2D eigenvalue weighted by molar-refractivity contribution is 5.81. The fraction of sp³-hybridized carbons (Fsp3) is 0.429. The molecule has 0 aromatic heterocycles. The van der Waals surface area contributed by atoms with Gasteiger partial charge >= 0.3 is 18.7 Å². The number of nitrogens with one attached hydrogen (secondary N) is 1. The van der Waals surface area contributed by atoms with E-state index in [2.05, 4.69) is 10.1 Å². The van der Waals surface area contributed by atoms with Crippen LogP contribution in [-0.4, -0.2) is 29.4 Å². The molecule has 0 fully saturated rings. The van der Waals surface area contributed by atoms with Gasteiger partial charge in [0.1, 0.15) is 11.4 Å². The van der Waals surface area contributed by atoms with Gasteiger partial charge in [0.25, 0.3) is 0 Å². The fourth-order valence-electron chi connectivity index (χ4n) is 1.55. The van der Waals surface area contributed by atoms with Gasteiger partial charge in [0.2, 0.25) is 0 Å². The summed E-state index contributed by atoms with van der Waals surface area (Å²) in [6, 6.07) is 3.56. The number of hydrogen-bond acceptors (Lipinski definition) is 4. The summed E-state index contributed by atoms with van der Waals surface area (Å²) < 4.78 is 33.2. The predicted molar refractivity (Wildman–Crippen MR) is 72.8 cm³/mol. The zero-order valence-electron chi connectivity index (χ0n) is 12.3. The van der Waals surface area contributed by atoms with Gasteiger partial charge < -0.3 is 19.9 Å². The second-order valence-corrected chi connectivity index (χ2v) is 5.37. The smallest absolute Gasteiger partial charge is 0.408 e. The van der Waals surface area contributed by atoms with Gasteiger partial charge in [-0.1, -0.05) is 12.1 Å². The normalized spacial score (nSPS) is 12.6. The van der Waals surface area contributed by atoms with Crippen LogP contribution in [0, 0.1) is 0 Å². The third kappa shape index (κ3) is 5.94. The number of benzene rings is 1. The number of carboxylic acid groups (broad SMARTS) is 1. The highest BCUT2D eigenvalue weighted by Crippen LogP contribution is 2.20. The maximum absolute atomic E-state index is 12.0. The third-order valence-electron chi connectivity index (χ3n) is 2.35. The SMILES string of the molecule is CC(C)(C)OC(=O)N[C@@H](C(=O)O)c1ccc(OC(F)F)cc1. The molecule has 0 bridgehead atoms. The number of amides is 1. The van der Waals surface area contributed by atoms with Gasteiger partial charge in [0, 0.05) is 0 Å². The Morgan fingerprint density at radius 1 is 1.18 bits per heavy atom. The van der Waals surface area contributed by atoms with Crippen molar-refractivity contribution in [2.45, 2.75) is 39.0 Å². The van der Waals surface area contributed by atoms with E-state index in [1.54, 1.807) is 20.8 Å². The molecule has 0 heterocycles. The van der Waals surface area contributed by atoms with Crippen molar-refractivity contribution in [3.63, 3.8) is 0 Å². The Bertz CT molecular complexity index is 525. The summed E-state index contributed by atoms with van der Waals surface area (Å²) in [5.74, 6) is -1.42. The Hall–Kier alpha value is -2.38. The first-order valence-electron chi connectivity index (χ1n) is 6.35. The molecule has 1 amide bonds. The number of aliphatic carboxylic acids is 1. The summed E-state index contributed by atoms with van der Waals surface area (Å²) in [6.07, 6.45) is -0.896. The monoisotopic (exact) mass is 317 g/mol. The number of hydrogen-bond donors (Lipinski definition) is 2. The molecular formula is C14H17F2NO5. The molecule has 0 aliphatic rings. The topological polar surface area (TPSA) is 84.9 Å². The van der Waals surface area contributed by atoms with E-state index in [0.29, 0.717) is 0 Å². The first kappa shape index (κ1) is 17.7. The standard InChI is InChI=1S/C14H17F2NO5/c1-14(2,3)22-13(20)17-10(11(18)19)8-4-6-9(7-5-8)21-12(15)16/h4-7,10,12H,1-3H3,(H,17,20)(H,18,19)/t10-/m1/s1. The van der Waals surface area contributed by atoms with Crippen molar-refractivity contribution in [1.82, 2.24) is 5.32 Å². The van der Waals surface area contributed by atoms with E-state index in [1.807, 2.05) is 0 Å². The van der Waals surface area contributed by atoms with Crippen LogP contribution in [0.4, 0.5) is 13.6 Å². The lowest BCUT2D eigenvalue weighted by Gasteiger charge is -2.22. The van der Waals surface area contributed by atoms with Gasteiger partial charge in [-0.2, -0.15) is 8.78 Å². The summed E-state index contributed by atoms with van der Waals surface area (Å²) in [6.45, 7) is 1.94. The van der Waals surface area contributed by atoms with Crippen LogP contribution >= 0.6 is 0 Å². The molecule has 1 atom stereocenters. The van der Waals surface area contributed by atoms with Crippen molar-refractivity contribution in [2.75, 3.05) is 0 Å². The average Bonchev–Trinajstić information content (AvgIpc) is 2.34. The van der Waals surface area contributed by atoms with Gasteiger partial charge in [-0.25, -0.2) is 9.59 Å². The van der Waals surface area contributed by atoms with E-state index in [-0.39, 0.29) is 11.3 Å². The molecule has 0 spiro atoms. The van der Waals surface area contributed by atoms with Crippen LogP contribution in [0.3, 0.4) is 0 Å². The molecule has 122 valence electrons. The number of carbonyl (C=O) groups is 2. The fourth-order valence-corrected chi connectivity index (χ4v) is 1.55. The Balaban J connectivity index is 2.83. The number of carboxylic acids is 1. The van der Waals surface area contributed by atoms with Crippen molar-refractivity contribution >= 4 is 12.1 Å².